The molecule has 286 valence electrons. The summed E-state index contributed by atoms with van der Waals surface area (Å²) in [5.74, 6) is -0.00890. The number of nitrogens with two attached hydrogens (primary N) is 3. The van der Waals surface area contributed by atoms with E-state index in [1.807, 2.05) is 0 Å². The average molecular weight is 706 g/mol. The van der Waals surface area contributed by atoms with E-state index < -0.39 is 0 Å². The van der Waals surface area contributed by atoms with Crippen molar-refractivity contribution in [3.63, 3.8) is 0 Å². The van der Waals surface area contributed by atoms with E-state index >= 15 is 0 Å². The standard InChI is InChI=1S/C39H67N3O8/c1-5-6-7-8-21-47-33(43)12-9-25(2)28-10-11-29-37-30(24-32(39(28,29)4)50-36(46)16-20-42)38(3)17-13-27(48-34(44)14-18-40)22-26(38)23-31(37)49-35(45)15-19-41/h25-32,37H,5-24,40-42H2,1-4H3/t25-,26?,27-,28?,29+,30+,31-,32+,37?,38+,39-/m1/s1. The smallest absolute Gasteiger partial charge is 0.307 e. The van der Waals surface area contributed by atoms with Gasteiger partial charge in [0.05, 0.1) is 25.9 Å². The van der Waals surface area contributed by atoms with Gasteiger partial charge in [0.25, 0.3) is 0 Å². The molecule has 0 aromatic carbocycles. The summed E-state index contributed by atoms with van der Waals surface area (Å²) in [4.78, 5) is 51.4. The van der Waals surface area contributed by atoms with Crippen molar-refractivity contribution in [2.45, 2.75) is 149 Å². The molecule has 0 amide bonds. The molecule has 0 saturated heterocycles. The van der Waals surface area contributed by atoms with Gasteiger partial charge in [0.2, 0.25) is 0 Å². The quantitative estimate of drug-likeness (QED) is 0.0970. The summed E-state index contributed by atoms with van der Waals surface area (Å²) in [6.45, 7) is 10.2. The molecule has 4 aliphatic carbocycles. The summed E-state index contributed by atoms with van der Waals surface area (Å²) in [5, 5.41) is 0. The minimum absolute atomic E-state index is 0.0917. The molecule has 0 bridgehead atoms. The Morgan fingerprint density at radius 2 is 1.40 bits per heavy atom. The van der Waals surface area contributed by atoms with E-state index in [1.165, 1.54) is 0 Å². The molecule has 0 aromatic rings. The zero-order chi connectivity index (χ0) is 36.5. The first-order valence-electron chi connectivity index (χ1n) is 19.8. The van der Waals surface area contributed by atoms with E-state index in [2.05, 4.69) is 27.7 Å². The van der Waals surface area contributed by atoms with E-state index in [0.717, 1.165) is 51.4 Å². The molecule has 0 spiro atoms. The number of unbranched alkanes of at least 4 members (excludes halogenated alkanes) is 3. The summed E-state index contributed by atoms with van der Waals surface area (Å²) in [6.07, 6.45) is 10.6. The second-order valence-electron chi connectivity index (χ2n) is 16.3. The highest BCUT2D eigenvalue weighted by atomic mass is 16.6. The molecule has 0 aliphatic heterocycles. The zero-order valence-corrected chi connectivity index (χ0v) is 31.3. The van der Waals surface area contributed by atoms with E-state index in [1.54, 1.807) is 0 Å². The topological polar surface area (TPSA) is 183 Å². The maximum absolute atomic E-state index is 13.2. The summed E-state index contributed by atoms with van der Waals surface area (Å²) in [5.41, 5.74) is 16.7. The minimum Gasteiger partial charge on any atom is -0.466 e. The lowest BCUT2D eigenvalue weighted by Crippen LogP contribution is -2.63. The van der Waals surface area contributed by atoms with Gasteiger partial charge in [-0.15, -0.1) is 0 Å². The molecular formula is C39H67N3O8. The summed E-state index contributed by atoms with van der Waals surface area (Å²) < 4.78 is 24.2. The van der Waals surface area contributed by atoms with Gasteiger partial charge in [0.1, 0.15) is 18.3 Å². The third-order valence-electron chi connectivity index (χ3n) is 13.4. The van der Waals surface area contributed by atoms with E-state index in [9.17, 15) is 19.2 Å². The summed E-state index contributed by atoms with van der Waals surface area (Å²) >= 11 is 0. The third-order valence-corrected chi connectivity index (χ3v) is 13.4. The van der Waals surface area contributed by atoms with Crippen LogP contribution in [0.2, 0.25) is 0 Å². The van der Waals surface area contributed by atoms with Crippen molar-refractivity contribution >= 4 is 23.9 Å². The van der Waals surface area contributed by atoms with Crippen LogP contribution in [0.4, 0.5) is 0 Å². The lowest BCUT2D eigenvalue weighted by Gasteiger charge is -2.64. The molecule has 3 unspecified atom stereocenters. The van der Waals surface area contributed by atoms with Crippen LogP contribution in [0.1, 0.15) is 130 Å². The van der Waals surface area contributed by atoms with Crippen molar-refractivity contribution in [1.82, 2.24) is 0 Å². The molecule has 0 aromatic heterocycles. The highest BCUT2D eigenvalue weighted by Crippen LogP contribution is 2.69. The maximum atomic E-state index is 13.2. The Morgan fingerprint density at radius 3 is 2.06 bits per heavy atom. The lowest BCUT2D eigenvalue weighted by atomic mass is 9.43. The first-order valence-corrected chi connectivity index (χ1v) is 19.8. The van der Waals surface area contributed by atoms with Gasteiger partial charge in [-0.3, -0.25) is 19.2 Å². The fraction of sp³-hybridized carbons (Fsp3) is 0.897. The molecule has 0 heterocycles. The number of esters is 4. The highest BCUT2D eigenvalue weighted by molar-refractivity contribution is 5.71. The number of fused-ring (bicyclic) bond motifs is 5. The Hall–Kier alpha value is -2.24. The molecule has 11 nitrogen and oxygen atoms in total. The van der Waals surface area contributed by atoms with Crippen LogP contribution in [0.25, 0.3) is 0 Å². The number of rotatable bonds is 18. The predicted octanol–water partition coefficient (Wildman–Crippen LogP) is 5.19. The van der Waals surface area contributed by atoms with Gasteiger partial charge in [-0.2, -0.15) is 0 Å². The second kappa shape index (κ2) is 18.5. The minimum atomic E-state index is -0.369. The maximum Gasteiger partial charge on any atom is 0.307 e. The van der Waals surface area contributed by atoms with Crippen LogP contribution < -0.4 is 17.2 Å². The second-order valence-corrected chi connectivity index (χ2v) is 16.3. The van der Waals surface area contributed by atoms with Crippen molar-refractivity contribution in [3.05, 3.63) is 0 Å². The monoisotopic (exact) mass is 705 g/mol. The SMILES string of the molecule is CCCCCCOC(=O)CC[C@@H](C)C1CC[C@H]2C3[C@H](OC(=O)CCN)CC4C[C@H](OC(=O)CCN)CC[C@]4(C)[C@H]3C[C@H](OC(=O)CCN)[C@]12C. The van der Waals surface area contributed by atoms with Gasteiger partial charge in [0, 0.05) is 37.4 Å². The molecule has 4 rings (SSSR count). The van der Waals surface area contributed by atoms with E-state index in [0.29, 0.717) is 38.7 Å². The van der Waals surface area contributed by atoms with Crippen LogP contribution in [0.15, 0.2) is 0 Å². The molecule has 4 aliphatic rings. The summed E-state index contributed by atoms with van der Waals surface area (Å²) in [6, 6.07) is 0. The molecule has 11 heteroatoms. The summed E-state index contributed by atoms with van der Waals surface area (Å²) in [7, 11) is 0. The average Bonchev–Trinajstić information content (AvgIpc) is 3.43. The van der Waals surface area contributed by atoms with Crippen molar-refractivity contribution in [1.29, 1.82) is 0 Å². The number of carbonyl (C=O) groups excluding carboxylic acids is 4. The first-order chi connectivity index (χ1) is 23.9. The normalized spacial score (nSPS) is 35.2. The van der Waals surface area contributed by atoms with Gasteiger partial charge < -0.3 is 36.1 Å². The van der Waals surface area contributed by atoms with Gasteiger partial charge in [0.15, 0.2) is 0 Å². The van der Waals surface area contributed by atoms with Gasteiger partial charge in [-0.1, -0.05) is 47.0 Å². The van der Waals surface area contributed by atoms with Crippen molar-refractivity contribution in [2.75, 3.05) is 26.2 Å². The largest absolute Gasteiger partial charge is 0.466 e. The number of ether oxygens (including phenoxy) is 4. The molecule has 4 saturated carbocycles. The van der Waals surface area contributed by atoms with Crippen LogP contribution in [0, 0.1) is 46.3 Å². The fourth-order valence-corrected chi connectivity index (χ4v) is 10.8. The fourth-order valence-electron chi connectivity index (χ4n) is 10.8. The first kappa shape index (κ1) is 40.5. The molecule has 4 fully saturated rings. The number of carbonyl (C=O) groups is 4. The molecule has 11 atom stereocenters. The molecule has 6 N–H and O–H groups in total. The van der Waals surface area contributed by atoms with Gasteiger partial charge >= 0.3 is 23.9 Å². The Morgan fingerprint density at radius 1 is 0.740 bits per heavy atom. The Labute approximate surface area is 300 Å². The predicted molar refractivity (Wildman–Crippen MR) is 190 cm³/mol. The zero-order valence-electron chi connectivity index (χ0n) is 31.3. The Bertz CT molecular complexity index is 1150. The van der Waals surface area contributed by atoms with Crippen LogP contribution in [-0.2, 0) is 38.1 Å². The number of hydrogen-bond donors (Lipinski definition) is 3. The Kier molecular flexibility index (Phi) is 15.0. The van der Waals surface area contributed by atoms with Gasteiger partial charge in [-0.05, 0) is 92.8 Å². The molecular weight excluding hydrogens is 638 g/mol. The Balaban J connectivity index is 1.61. The van der Waals surface area contributed by atoms with Crippen molar-refractivity contribution in [2.24, 2.45) is 63.5 Å². The van der Waals surface area contributed by atoms with Crippen molar-refractivity contribution < 1.29 is 38.1 Å². The molecule has 50 heavy (non-hydrogen) atoms. The van der Waals surface area contributed by atoms with Crippen LogP contribution >= 0.6 is 0 Å². The number of hydrogen-bond acceptors (Lipinski definition) is 11. The van der Waals surface area contributed by atoms with E-state index in [4.69, 9.17) is 36.1 Å². The third kappa shape index (κ3) is 9.21. The van der Waals surface area contributed by atoms with Crippen LogP contribution in [0.3, 0.4) is 0 Å². The highest BCUT2D eigenvalue weighted by Gasteiger charge is 2.67. The van der Waals surface area contributed by atoms with Crippen LogP contribution in [0.5, 0.6) is 0 Å². The van der Waals surface area contributed by atoms with Gasteiger partial charge in [-0.25, -0.2) is 0 Å². The lowest BCUT2D eigenvalue weighted by molar-refractivity contribution is -0.225. The van der Waals surface area contributed by atoms with Crippen molar-refractivity contribution in [3.8, 4) is 0 Å². The van der Waals surface area contributed by atoms with Crippen LogP contribution in [-0.4, -0.2) is 68.4 Å². The molecule has 0 radical (unpaired) electrons. The van der Waals surface area contributed by atoms with E-state index in [-0.39, 0.29) is 127 Å².